The van der Waals surface area contributed by atoms with Crippen molar-refractivity contribution in [2.45, 2.75) is 39.0 Å². The molecule has 0 aliphatic carbocycles. The van der Waals surface area contributed by atoms with Crippen molar-refractivity contribution < 1.29 is 22.8 Å². The molecule has 32 heavy (non-hydrogen) atoms. The smallest absolute Gasteiger partial charge is 0.259 e. The van der Waals surface area contributed by atoms with Crippen molar-refractivity contribution in [1.82, 2.24) is 14.7 Å². The van der Waals surface area contributed by atoms with Gasteiger partial charge in [0.2, 0.25) is 5.91 Å². The summed E-state index contributed by atoms with van der Waals surface area (Å²) in [6.07, 6.45) is 1.36. The minimum Gasteiger partial charge on any atom is -0.332 e. The molecule has 0 saturated carbocycles. The summed E-state index contributed by atoms with van der Waals surface area (Å²) in [5.41, 5.74) is 2.98. The van der Waals surface area contributed by atoms with Gasteiger partial charge in [0.1, 0.15) is 0 Å². The fourth-order valence-electron chi connectivity index (χ4n) is 4.38. The molecule has 2 aromatic carbocycles. The minimum absolute atomic E-state index is 0.0584. The van der Waals surface area contributed by atoms with Gasteiger partial charge >= 0.3 is 0 Å². The highest BCUT2D eigenvalue weighted by atomic mass is 19.2. The summed E-state index contributed by atoms with van der Waals surface area (Å²) in [5.74, 6) is -4.68. The van der Waals surface area contributed by atoms with Gasteiger partial charge in [0.05, 0.1) is 43.6 Å². The summed E-state index contributed by atoms with van der Waals surface area (Å²) in [4.78, 5) is 29.1. The van der Waals surface area contributed by atoms with E-state index in [0.717, 1.165) is 17.7 Å². The van der Waals surface area contributed by atoms with E-state index in [1.54, 1.807) is 26.7 Å². The molecule has 164 valence electrons. The first-order chi connectivity index (χ1) is 15.3. The van der Waals surface area contributed by atoms with Crippen molar-refractivity contribution in [3.63, 3.8) is 0 Å². The Morgan fingerprint density at radius 2 is 1.84 bits per heavy atom. The summed E-state index contributed by atoms with van der Waals surface area (Å²) in [7, 11) is 0. The van der Waals surface area contributed by atoms with Crippen molar-refractivity contribution in [1.29, 1.82) is 0 Å². The van der Waals surface area contributed by atoms with Gasteiger partial charge in [-0.3, -0.25) is 14.3 Å². The van der Waals surface area contributed by atoms with Crippen molar-refractivity contribution in [3.05, 3.63) is 82.4 Å². The normalized spacial score (nSPS) is 17.5. The Balaban J connectivity index is 1.40. The molecule has 0 saturated heterocycles. The zero-order valence-electron chi connectivity index (χ0n) is 17.2. The van der Waals surface area contributed by atoms with Crippen LogP contribution in [-0.4, -0.2) is 32.5 Å². The lowest BCUT2D eigenvalue weighted by Gasteiger charge is -2.35. The molecule has 2 aliphatic rings. The van der Waals surface area contributed by atoms with Crippen LogP contribution >= 0.6 is 0 Å². The molecular formula is C23H19F3N4O2. The van der Waals surface area contributed by atoms with E-state index in [-0.39, 0.29) is 36.4 Å². The number of amides is 2. The molecule has 0 N–H and O–H groups in total. The number of fused-ring (bicyclic) bond motifs is 2. The van der Waals surface area contributed by atoms with E-state index < -0.39 is 17.5 Å². The monoisotopic (exact) mass is 440 g/mol. The number of aromatic nitrogens is 2. The third-order valence-electron chi connectivity index (χ3n) is 6.05. The molecular weight excluding hydrogens is 421 g/mol. The molecule has 9 heteroatoms. The number of nitrogens with zero attached hydrogens (tertiary/aromatic N) is 4. The van der Waals surface area contributed by atoms with Crippen LogP contribution < -0.4 is 4.90 Å². The Labute approximate surface area is 181 Å². The molecule has 0 fully saturated rings. The number of rotatable bonds is 3. The van der Waals surface area contributed by atoms with Crippen LogP contribution in [0.3, 0.4) is 0 Å². The average molecular weight is 440 g/mol. The zero-order chi connectivity index (χ0) is 22.6. The van der Waals surface area contributed by atoms with Gasteiger partial charge in [0.25, 0.3) is 5.91 Å². The molecule has 6 nitrogen and oxygen atoms in total. The van der Waals surface area contributed by atoms with E-state index in [4.69, 9.17) is 0 Å². The number of carbonyl (C=O) groups excluding carboxylic acids is 2. The van der Waals surface area contributed by atoms with Crippen molar-refractivity contribution in [2.75, 3.05) is 4.90 Å². The number of hydrogen-bond acceptors (Lipinski definition) is 3. The Bertz CT molecular complexity index is 1230. The van der Waals surface area contributed by atoms with Crippen LogP contribution in [-0.2, 0) is 30.8 Å². The maximum absolute atomic E-state index is 13.6. The fraction of sp³-hybridized carbons (Fsp3) is 0.261. The number of halogens is 3. The second-order valence-electron chi connectivity index (χ2n) is 8.13. The molecule has 0 spiro atoms. The van der Waals surface area contributed by atoms with Crippen LogP contribution in [0.25, 0.3) is 0 Å². The van der Waals surface area contributed by atoms with Crippen molar-refractivity contribution in [2.24, 2.45) is 0 Å². The summed E-state index contributed by atoms with van der Waals surface area (Å²) in [6, 6.07) is 8.84. The summed E-state index contributed by atoms with van der Waals surface area (Å²) in [6.45, 7) is 2.89. The second-order valence-corrected chi connectivity index (χ2v) is 8.13. The van der Waals surface area contributed by atoms with Crippen LogP contribution in [0.15, 0.2) is 42.6 Å². The standard InChI is InChI=1S/C23H19F3N4O2/c1-13-10-30-20(12-28(13)21(31)8-14-6-17(24)22(26)18(25)7-14)19(9-27-30)29-11-15-4-2-3-5-16(15)23(29)32/h2-7,9,13H,8,10-12H2,1H3/t13-/m0/s1. The molecule has 3 aromatic rings. The average Bonchev–Trinajstić information content (AvgIpc) is 3.31. The van der Waals surface area contributed by atoms with E-state index >= 15 is 0 Å². The lowest BCUT2D eigenvalue weighted by atomic mass is 10.1. The van der Waals surface area contributed by atoms with E-state index in [9.17, 15) is 22.8 Å². The third kappa shape index (κ3) is 3.24. The number of carbonyl (C=O) groups is 2. The first-order valence-electron chi connectivity index (χ1n) is 10.2. The molecule has 1 atom stereocenters. The molecule has 1 aromatic heterocycles. The van der Waals surface area contributed by atoms with Gasteiger partial charge in [-0.05, 0) is 36.2 Å². The molecule has 2 amide bonds. The predicted octanol–water partition coefficient (Wildman–Crippen LogP) is 3.43. The number of hydrogen-bond donors (Lipinski definition) is 0. The van der Waals surface area contributed by atoms with Gasteiger partial charge in [0, 0.05) is 11.6 Å². The maximum Gasteiger partial charge on any atom is 0.259 e. The fourth-order valence-corrected chi connectivity index (χ4v) is 4.38. The Morgan fingerprint density at radius 3 is 2.56 bits per heavy atom. The number of anilines is 1. The van der Waals surface area contributed by atoms with Crippen LogP contribution in [0, 0.1) is 17.5 Å². The van der Waals surface area contributed by atoms with E-state index in [1.807, 2.05) is 25.1 Å². The molecule has 0 bridgehead atoms. The molecule has 3 heterocycles. The lowest BCUT2D eigenvalue weighted by Crippen LogP contribution is -2.46. The Kier molecular flexibility index (Phi) is 4.76. The molecule has 5 rings (SSSR count). The third-order valence-corrected chi connectivity index (χ3v) is 6.05. The van der Waals surface area contributed by atoms with Gasteiger partial charge < -0.3 is 9.80 Å². The SMILES string of the molecule is C[C@H]1Cn2ncc(N3Cc4ccccc4C3=O)c2CN1C(=O)Cc1cc(F)c(F)c(F)c1. The predicted molar refractivity (Wildman–Crippen MR) is 109 cm³/mol. The van der Waals surface area contributed by atoms with Gasteiger partial charge in [-0.15, -0.1) is 0 Å². The molecule has 2 aliphatic heterocycles. The largest absolute Gasteiger partial charge is 0.332 e. The first kappa shape index (κ1) is 20.3. The van der Waals surface area contributed by atoms with Gasteiger partial charge in [-0.1, -0.05) is 18.2 Å². The Hall–Kier alpha value is -3.62. The van der Waals surface area contributed by atoms with E-state index in [2.05, 4.69) is 5.10 Å². The first-order valence-corrected chi connectivity index (χ1v) is 10.2. The highest BCUT2D eigenvalue weighted by Crippen LogP contribution is 2.33. The minimum atomic E-state index is -1.56. The summed E-state index contributed by atoms with van der Waals surface area (Å²) in [5, 5.41) is 4.40. The highest BCUT2D eigenvalue weighted by molar-refractivity contribution is 6.10. The topological polar surface area (TPSA) is 58.4 Å². The van der Waals surface area contributed by atoms with E-state index in [1.165, 1.54) is 0 Å². The van der Waals surface area contributed by atoms with Crippen LogP contribution in [0.4, 0.5) is 18.9 Å². The number of benzene rings is 2. The van der Waals surface area contributed by atoms with Crippen LogP contribution in [0.5, 0.6) is 0 Å². The highest BCUT2D eigenvalue weighted by Gasteiger charge is 2.35. The Morgan fingerprint density at radius 1 is 1.12 bits per heavy atom. The van der Waals surface area contributed by atoms with E-state index in [0.29, 0.717) is 30.0 Å². The quantitative estimate of drug-likeness (QED) is 0.587. The lowest BCUT2D eigenvalue weighted by molar-refractivity contribution is -0.134. The van der Waals surface area contributed by atoms with Crippen LogP contribution in [0.2, 0.25) is 0 Å². The van der Waals surface area contributed by atoms with Crippen molar-refractivity contribution in [3.8, 4) is 0 Å². The summed E-state index contributed by atoms with van der Waals surface area (Å²) < 4.78 is 42.1. The van der Waals surface area contributed by atoms with Gasteiger partial charge in [-0.2, -0.15) is 5.10 Å². The van der Waals surface area contributed by atoms with Crippen LogP contribution in [0.1, 0.15) is 34.1 Å². The second kappa shape index (κ2) is 7.51. The van der Waals surface area contributed by atoms with Gasteiger partial charge in [0.15, 0.2) is 17.5 Å². The summed E-state index contributed by atoms with van der Waals surface area (Å²) >= 11 is 0. The van der Waals surface area contributed by atoms with Crippen molar-refractivity contribution >= 4 is 17.5 Å². The van der Waals surface area contributed by atoms with Gasteiger partial charge in [-0.25, -0.2) is 13.2 Å². The zero-order valence-corrected chi connectivity index (χ0v) is 17.2. The molecule has 0 radical (unpaired) electrons. The maximum atomic E-state index is 13.6. The molecule has 0 unspecified atom stereocenters.